The van der Waals surface area contributed by atoms with Crippen LogP contribution >= 0.6 is 0 Å². The van der Waals surface area contributed by atoms with Crippen LogP contribution < -0.4 is 0 Å². The highest BCUT2D eigenvalue weighted by Gasteiger charge is 2.34. The molecule has 0 N–H and O–H groups in total. The van der Waals surface area contributed by atoms with Gasteiger partial charge < -0.3 is 9.64 Å². The lowest BCUT2D eigenvalue weighted by atomic mass is 9.75. The number of benzene rings is 1. The van der Waals surface area contributed by atoms with Crippen LogP contribution in [0.25, 0.3) is 0 Å². The molecule has 0 radical (unpaired) electrons. The Morgan fingerprint density at radius 1 is 1.29 bits per heavy atom. The van der Waals surface area contributed by atoms with Crippen LogP contribution in [0, 0.1) is 5.41 Å². The lowest BCUT2D eigenvalue weighted by molar-refractivity contribution is 0.0120. The molecule has 1 aromatic carbocycles. The predicted molar refractivity (Wildman–Crippen MR) is 93.1 cm³/mol. The first kappa shape index (κ1) is 18.2. The highest BCUT2D eigenvalue weighted by molar-refractivity contribution is 5.68. The minimum absolute atomic E-state index is 0.0764. The van der Waals surface area contributed by atoms with Crippen molar-refractivity contribution < 1.29 is 14.3 Å². The molecule has 0 aromatic heterocycles. The van der Waals surface area contributed by atoms with Gasteiger partial charge in [0.05, 0.1) is 5.69 Å². The van der Waals surface area contributed by atoms with Crippen molar-refractivity contribution in [2.45, 2.75) is 52.6 Å². The largest absolute Gasteiger partial charge is 0.444 e. The molecule has 0 aliphatic carbocycles. The summed E-state index contributed by atoms with van der Waals surface area (Å²) < 4.78 is 5.44. The molecule has 0 bridgehead atoms. The zero-order valence-corrected chi connectivity index (χ0v) is 15.0. The Balaban J connectivity index is 2.00. The van der Waals surface area contributed by atoms with Gasteiger partial charge in [-0.3, -0.25) is 0 Å². The van der Waals surface area contributed by atoms with Crippen LogP contribution in [0.15, 0.2) is 29.3 Å². The summed E-state index contributed by atoms with van der Waals surface area (Å²) in [4.78, 5) is 28.3. The summed E-state index contributed by atoms with van der Waals surface area (Å²) in [6.07, 6.45) is 4.00. The van der Waals surface area contributed by atoms with E-state index < -0.39 is 5.60 Å². The number of likely N-dealkylation sites (tertiary alicyclic amines) is 1. The molecule has 1 aliphatic rings. The van der Waals surface area contributed by atoms with Gasteiger partial charge >= 0.3 is 6.09 Å². The van der Waals surface area contributed by atoms with Gasteiger partial charge in [0.25, 0.3) is 0 Å². The first-order chi connectivity index (χ1) is 11.2. The number of nitrogens with zero attached hydrogens (tertiary/aromatic N) is 2. The molecule has 0 atom stereocenters. The van der Waals surface area contributed by atoms with Gasteiger partial charge in [0.2, 0.25) is 6.08 Å². The average molecular weight is 330 g/mol. The summed E-state index contributed by atoms with van der Waals surface area (Å²) in [6.45, 7) is 9.23. The Hall–Kier alpha value is -2.13. The number of amides is 1. The van der Waals surface area contributed by atoms with E-state index in [9.17, 15) is 9.59 Å². The van der Waals surface area contributed by atoms with Crippen LogP contribution in [0.1, 0.15) is 46.1 Å². The van der Waals surface area contributed by atoms with E-state index >= 15 is 0 Å². The number of para-hydroxylation sites is 1. The molecule has 1 heterocycles. The molecule has 0 unspecified atom stereocenters. The Morgan fingerprint density at radius 2 is 1.92 bits per heavy atom. The topological polar surface area (TPSA) is 59.0 Å². The van der Waals surface area contributed by atoms with E-state index in [1.54, 1.807) is 11.0 Å². The average Bonchev–Trinajstić information content (AvgIpc) is 2.48. The van der Waals surface area contributed by atoms with E-state index in [4.69, 9.17) is 4.74 Å². The number of hydrogen-bond acceptors (Lipinski definition) is 4. The highest BCUT2D eigenvalue weighted by atomic mass is 16.6. The van der Waals surface area contributed by atoms with Crippen LogP contribution in [0.2, 0.25) is 0 Å². The molecule has 5 nitrogen and oxygen atoms in total. The van der Waals surface area contributed by atoms with Crippen LogP contribution in [0.3, 0.4) is 0 Å². The summed E-state index contributed by atoms with van der Waals surface area (Å²) in [5.74, 6) is 0. The number of aliphatic imine (C=N–C) groups is 1. The molecule has 1 aromatic rings. The second-order valence-corrected chi connectivity index (χ2v) is 7.79. The molecule has 1 amide bonds. The van der Waals surface area contributed by atoms with Crippen molar-refractivity contribution in [1.82, 2.24) is 4.90 Å². The second-order valence-electron chi connectivity index (χ2n) is 7.79. The summed E-state index contributed by atoms with van der Waals surface area (Å²) in [7, 11) is 0. The second kappa shape index (κ2) is 7.18. The van der Waals surface area contributed by atoms with Crippen molar-refractivity contribution in [3.63, 3.8) is 0 Å². The molecule has 0 saturated carbocycles. The fourth-order valence-corrected chi connectivity index (χ4v) is 3.01. The number of rotatable bonds is 3. The highest BCUT2D eigenvalue weighted by Crippen LogP contribution is 2.37. The van der Waals surface area contributed by atoms with Gasteiger partial charge in [-0.2, -0.15) is 4.99 Å². The predicted octanol–water partition coefficient (Wildman–Crippen LogP) is 4.23. The van der Waals surface area contributed by atoms with E-state index in [0.29, 0.717) is 18.8 Å². The fraction of sp³-hybridized carbons (Fsp3) is 0.579. The Kier molecular flexibility index (Phi) is 5.45. The molecular weight excluding hydrogens is 304 g/mol. The normalized spacial score (nSPS) is 17.1. The third kappa shape index (κ3) is 4.93. The smallest absolute Gasteiger partial charge is 0.410 e. The molecule has 24 heavy (non-hydrogen) atoms. The maximum Gasteiger partial charge on any atom is 0.410 e. The number of carbonyl (C=O) groups is 1. The monoisotopic (exact) mass is 330 g/mol. The summed E-state index contributed by atoms with van der Waals surface area (Å²) >= 11 is 0. The van der Waals surface area contributed by atoms with E-state index in [1.807, 2.05) is 45.0 Å². The van der Waals surface area contributed by atoms with Gasteiger partial charge in [0.1, 0.15) is 5.60 Å². The van der Waals surface area contributed by atoms with Crippen LogP contribution in [-0.4, -0.2) is 35.8 Å². The third-order valence-electron chi connectivity index (χ3n) is 4.40. The number of isocyanates is 1. The summed E-state index contributed by atoms with van der Waals surface area (Å²) in [5.41, 5.74) is 1.34. The van der Waals surface area contributed by atoms with E-state index in [0.717, 1.165) is 24.8 Å². The van der Waals surface area contributed by atoms with Gasteiger partial charge in [-0.25, -0.2) is 9.59 Å². The standard InChI is InChI=1S/C19H26N2O3/c1-18(2,3)24-17(23)21-11-9-19(4,10-12-21)13-15-7-5-6-8-16(15)20-14-22/h5-8H,9-13H2,1-4H3. The zero-order chi connectivity index (χ0) is 17.8. The molecule has 5 heteroatoms. The summed E-state index contributed by atoms with van der Waals surface area (Å²) in [6, 6.07) is 7.66. The van der Waals surface area contributed by atoms with Gasteiger partial charge in [0, 0.05) is 13.1 Å². The number of carbonyl (C=O) groups excluding carboxylic acids is 2. The summed E-state index contributed by atoms with van der Waals surface area (Å²) in [5, 5.41) is 0. The lowest BCUT2D eigenvalue weighted by Gasteiger charge is -2.40. The maximum atomic E-state index is 12.2. The number of ether oxygens (including phenoxy) is 1. The van der Waals surface area contributed by atoms with E-state index in [2.05, 4.69) is 11.9 Å². The minimum atomic E-state index is -0.469. The Labute approximate surface area is 143 Å². The first-order valence-electron chi connectivity index (χ1n) is 8.36. The van der Waals surface area contributed by atoms with Crippen molar-refractivity contribution in [2.24, 2.45) is 10.4 Å². The fourth-order valence-electron chi connectivity index (χ4n) is 3.01. The third-order valence-corrected chi connectivity index (χ3v) is 4.40. The van der Waals surface area contributed by atoms with Crippen molar-refractivity contribution in [2.75, 3.05) is 13.1 Å². The lowest BCUT2D eigenvalue weighted by Crippen LogP contribution is -2.45. The SMILES string of the molecule is CC1(Cc2ccccc2N=C=O)CCN(C(=O)OC(C)(C)C)CC1. The van der Waals surface area contributed by atoms with Crippen LogP contribution in [0.4, 0.5) is 10.5 Å². The van der Waals surface area contributed by atoms with Gasteiger partial charge in [0.15, 0.2) is 0 Å². The van der Waals surface area contributed by atoms with Crippen molar-refractivity contribution in [1.29, 1.82) is 0 Å². The van der Waals surface area contributed by atoms with E-state index in [-0.39, 0.29) is 11.5 Å². The molecular formula is C19H26N2O3. The van der Waals surface area contributed by atoms with Crippen LogP contribution in [0.5, 0.6) is 0 Å². The maximum absolute atomic E-state index is 12.2. The van der Waals surface area contributed by atoms with Crippen molar-refractivity contribution in [3.8, 4) is 0 Å². The number of hydrogen-bond donors (Lipinski definition) is 0. The van der Waals surface area contributed by atoms with Crippen molar-refractivity contribution in [3.05, 3.63) is 29.8 Å². The Bertz CT molecular complexity index is 634. The molecule has 130 valence electrons. The quantitative estimate of drug-likeness (QED) is 0.615. The molecule has 0 spiro atoms. The Morgan fingerprint density at radius 3 is 2.50 bits per heavy atom. The molecule has 1 fully saturated rings. The van der Waals surface area contributed by atoms with Crippen LogP contribution in [-0.2, 0) is 16.0 Å². The van der Waals surface area contributed by atoms with Crippen molar-refractivity contribution >= 4 is 17.9 Å². The van der Waals surface area contributed by atoms with Gasteiger partial charge in [-0.15, -0.1) is 0 Å². The molecule has 1 aliphatic heterocycles. The first-order valence-corrected chi connectivity index (χ1v) is 8.36. The van der Waals surface area contributed by atoms with Gasteiger partial charge in [-0.1, -0.05) is 25.1 Å². The zero-order valence-electron chi connectivity index (χ0n) is 15.0. The minimum Gasteiger partial charge on any atom is -0.444 e. The molecule has 1 saturated heterocycles. The molecule has 2 rings (SSSR count). The van der Waals surface area contributed by atoms with Gasteiger partial charge in [-0.05, 0) is 57.1 Å². The van der Waals surface area contributed by atoms with E-state index in [1.165, 1.54) is 0 Å². The number of piperidine rings is 1.